The number of hydrogen-bond donors (Lipinski definition) is 1. The Morgan fingerprint density at radius 2 is 1.70 bits per heavy atom. The summed E-state index contributed by atoms with van der Waals surface area (Å²) in [6, 6.07) is 13.1. The lowest BCUT2D eigenvalue weighted by molar-refractivity contribution is -0.894. The third-order valence-corrected chi connectivity index (χ3v) is 10.00. The van der Waals surface area contributed by atoms with Gasteiger partial charge < -0.3 is 19.1 Å². The molecule has 37 heavy (non-hydrogen) atoms. The lowest BCUT2D eigenvalue weighted by atomic mass is 9.75. The third-order valence-electron chi connectivity index (χ3n) is 7.85. The highest BCUT2D eigenvalue weighted by Crippen LogP contribution is 2.44. The van der Waals surface area contributed by atoms with Gasteiger partial charge in [0.15, 0.2) is 9.84 Å². The van der Waals surface area contributed by atoms with E-state index in [1.165, 1.54) is 13.1 Å². The molecule has 0 unspecified atom stereocenters. The predicted octanol–water partition coefficient (Wildman–Crippen LogP) is 3.09. The zero-order chi connectivity index (χ0) is 26.8. The van der Waals surface area contributed by atoms with Crippen molar-refractivity contribution in [1.82, 2.24) is 4.90 Å². The first-order valence-electron chi connectivity index (χ1n) is 13.2. The second kappa shape index (κ2) is 11.0. The van der Waals surface area contributed by atoms with Crippen LogP contribution in [0, 0.1) is 12.3 Å². The quantitative estimate of drug-likeness (QED) is 0.417. The van der Waals surface area contributed by atoms with Gasteiger partial charge >= 0.3 is 0 Å². The smallest absolute Gasteiger partial charge is 0.179 e. The van der Waals surface area contributed by atoms with Crippen LogP contribution < -0.4 is 4.74 Å². The number of hydrogen-bond acceptors (Lipinski definition) is 6. The first-order chi connectivity index (χ1) is 17.4. The molecule has 7 nitrogen and oxygen atoms in total. The van der Waals surface area contributed by atoms with E-state index < -0.39 is 27.3 Å². The first kappa shape index (κ1) is 28.0. The van der Waals surface area contributed by atoms with Gasteiger partial charge in [0.25, 0.3) is 0 Å². The minimum Gasteiger partial charge on any atom is -0.491 e. The van der Waals surface area contributed by atoms with Gasteiger partial charge in [0.2, 0.25) is 0 Å². The number of ether oxygens (including phenoxy) is 2. The van der Waals surface area contributed by atoms with Crippen LogP contribution in [0.15, 0.2) is 47.4 Å². The molecule has 0 aliphatic carbocycles. The standard InChI is InChI=1S/C29H43N2O5S/c1-22-6-11-25-26(20-22)37(33,34)21-29(2,3)28(32)27(25)23-7-9-24(10-8-23)36-19-18-35-17-14-30-12-15-31(4,5)16-13-30/h6-11,20,27-28,32H,12-19,21H2,1-5H3/q+1/t27-,28-/m1/s1. The van der Waals surface area contributed by atoms with Crippen LogP contribution in [0.25, 0.3) is 0 Å². The van der Waals surface area contributed by atoms with Crippen LogP contribution in [0.1, 0.15) is 36.5 Å². The summed E-state index contributed by atoms with van der Waals surface area (Å²) >= 11 is 0. The van der Waals surface area contributed by atoms with Crippen molar-refractivity contribution in [3.63, 3.8) is 0 Å². The number of fused-ring (bicyclic) bond motifs is 1. The van der Waals surface area contributed by atoms with Gasteiger partial charge in [0.1, 0.15) is 12.4 Å². The maximum atomic E-state index is 13.2. The van der Waals surface area contributed by atoms with E-state index in [4.69, 9.17) is 9.47 Å². The molecule has 1 fully saturated rings. The summed E-state index contributed by atoms with van der Waals surface area (Å²) in [7, 11) is 1.03. The second-order valence-corrected chi connectivity index (χ2v) is 13.9. The van der Waals surface area contributed by atoms with Crippen LogP contribution in [0.5, 0.6) is 5.75 Å². The Bertz CT molecular complexity index is 1170. The summed E-state index contributed by atoms with van der Waals surface area (Å²) in [5.41, 5.74) is 1.61. The Hall–Kier alpha value is -1.97. The number of piperazine rings is 1. The van der Waals surface area contributed by atoms with Crippen molar-refractivity contribution in [3.8, 4) is 5.75 Å². The van der Waals surface area contributed by atoms with E-state index in [2.05, 4.69) is 19.0 Å². The van der Waals surface area contributed by atoms with Crippen LogP contribution in [-0.4, -0.2) is 101 Å². The largest absolute Gasteiger partial charge is 0.491 e. The number of likely N-dealkylation sites (N-methyl/N-ethyl adjacent to an activating group) is 1. The maximum absolute atomic E-state index is 13.2. The molecule has 2 aliphatic rings. The minimum atomic E-state index is -3.53. The molecule has 0 radical (unpaired) electrons. The second-order valence-electron chi connectivity index (χ2n) is 12.0. The van der Waals surface area contributed by atoms with E-state index in [1.807, 2.05) is 57.2 Å². The maximum Gasteiger partial charge on any atom is 0.179 e. The van der Waals surface area contributed by atoms with Crippen molar-refractivity contribution >= 4 is 9.84 Å². The number of aliphatic hydroxyl groups excluding tert-OH is 1. The van der Waals surface area contributed by atoms with Gasteiger partial charge in [-0.25, -0.2) is 8.42 Å². The highest BCUT2D eigenvalue weighted by atomic mass is 32.2. The van der Waals surface area contributed by atoms with E-state index >= 15 is 0 Å². The lowest BCUT2D eigenvalue weighted by Gasteiger charge is -2.39. The number of quaternary nitrogens is 1. The van der Waals surface area contributed by atoms with Crippen molar-refractivity contribution in [1.29, 1.82) is 0 Å². The fraction of sp³-hybridized carbons (Fsp3) is 0.586. The molecule has 0 aromatic heterocycles. The summed E-state index contributed by atoms with van der Waals surface area (Å²) in [5, 5.41) is 11.4. The Labute approximate surface area is 222 Å². The number of benzene rings is 2. The van der Waals surface area contributed by atoms with Crippen molar-refractivity contribution in [2.45, 2.75) is 37.7 Å². The summed E-state index contributed by atoms with van der Waals surface area (Å²) in [6.07, 6.45) is -0.851. The molecule has 2 aromatic rings. The van der Waals surface area contributed by atoms with Crippen LogP contribution in [0.3, 0.4) is 0 Å². The molecule has 0 bridgehead atoms. The zero-order valence-electron chi connectivity index (χ0n) is 22.9. The van der Waals surface area contributed by atoms with Crippen molar-refractivity contribution in [2.24, 2.45) is 5.41 Å². The molecule has 8 heteroatoms. The molecular weight excluding hydrogens is 488 g/mol. The van der Waals surface area contributed by atoms with Crippen LogP contribution in [-0.2, 0) is 14.6 Å². The third kappa shape index (κ3) is 6.73. The van der Waals surface area contributed by atoms with Gasteiger partial charge in [-0.15, -0.1) is 0 Å². The number of aryl methyl sites for hydroxylation is 1. The molecule has 4 rings (SSSR count). The number of aliphatic hydroxyl groups is 1. The SMILES string of the molecule is Cc1ccc2c(c1)S(=O)(=O)CC(C)(C)[C@H](O)[C@@H]2c1ccc(OCCOCCN2CC[N+](C)(C)CC2)cc1. The monoisotopic (exact) mass is 531 g/mol. The Morgan fingerprint density at radius 3 is 2.38 bits per heavy atom. The van der Waals surface area contributed by atoms with Gasteiger partial charge in [0.05, 0.1) is 57.2 Å². The fourth-order valence-electron chi connectivity index (χ4n) is 5.36. The van der Waals surface area contributed by atoms with E-state index in [0.29, 0.717) is 30.3 Å². The zero-order valence-corrected chi connectivity index (χ0v) is 23.8. The molecule has 1 N–H and O–H groups in total. The Kier molecular flexibility index (Phi) is 8.36. The molecule has 204 valence electrons. The average Bonchev–Trinajstić information content (AvgIpc) is 2.88. The van der Waals surface area contributed by atoms with Gasteiger partial charge in [0, 0.05) is 31.0 Å². The fourth-order valence-corrected chi connectivity index (χ4v) is 7.59. The summed E-state index contributed by atoms with van der Waals surface area (Å²) in [5.74, 6) is 0.187. The average molecular weight is 532 g/mol. The molecule has 2 heterocycles. The summed E-state index contributed by atoms with van der Waals surface area (Å²) < 4.78 is 39.2. The highest BCUT2D eigenvalue weighted by molar-refractivity contribution is 7.91. The van der Waals surface area contributed by atoms with Crippen molar-refractivity contribution < 1.29 is 27.5 Å². The molecular formula is C29H43N2O5S+. The molecule has 0 spiro atoms. The van der Waals surface area contributed by atoms with E-state index in [9.17, 15) is 13.5 Å². The summed E-state index contributed by atoms with van der Waals surface area (Å²) in [4.78, 5) is 2.78. The minimum absolute atomic E-state index is 0.0930. The van der Waals surface area contributed by atoms with Gasteiger partial charge in [-0.1, -0.05) is 38.1 Å². The number of rotatable bonds is 8. The van der Waals surface area contributed by atoms with Crippen LogP contribution in [0.2, 0.25) is 0 Å². The molecule has 0 saturated carbocycles. The van der Waals surface area contributed by atoms with E-state index in [-0.39, 0.29) is 5.75 Å². The lowest BCUT2D eigenvalue weighted by Crippen LogP contribution is -2.55. The molecule has 2 atom stereocenters. The highest BCUT2D eigenvalue weighted by Gasteiger charge is 2.44. The number of nitrogens with zero attached hydrogens (tertiary/aromatic N) is 2. The van der Waals surface area contributed by atoms with Gasteiger partial charge in [-0.3, -0.25) is 4.90 Å². The molecule has 2 aliphatic heterocycles. The topological polar surface area (TPSA) is 76.1 Å². The van der Waals surface area contributed by atoms with E-state index in [1.54, 1.807) is 6.07 Å². The van der Waals surface area contributed by atoms with Crippen LogP contribution in [0.4, 0.5) is 0 Å². The molecule has 1 saturated heterocycles. The van der Waals surface area contributed by atoms with Crippen LogP contribution >= 0.6 is 0 Å². The Morgan fingerprint density at radius 1 is 1.03 bits per heavy atom. The van der Waals surface area contributed by atoms with Gasteiger partial charge in [-0.05, 0) is 41.8 Å². The number of sulfone groups is 1. The predicted molar refractivity (Wildman–Crippen MR) is 146 cm³/mol. The molecule has 2 aromatic carbocycles. The van der Waals surface area contributed by atoms with Gasteiger partial charge in [-0.2, -0.15) is 0 Å². The van der Waals surface area contributed by atoms with Crippen molar-refractivity contribution in [3.05, 3.63) is 59.2 Å². The normalized spacial score (nSPS) is 24.7. The Balaban J connectivity index is 1.35. The first-order valence-corrected chi connectivity index (χ1v) is 14.9. The van der Waals surface area contributed by atoms with Crippen molar-refractivity contribution in [2.75, 3.05) is 72.4 Å². The molecule has 0 amide bonds. The van der Waals surface area contributed by atoms with E-state index in [0.717, 1.165) is 41.0 Å². The summed E-state index contributed by atoms with van der Waals surface area (Å²) in [6.45, 7) is 12.8.